The maximum atomic E-state index is 12.3. The number of nitrogens with one attached hydrogen (secondary N) is 2. The number of ether oxygens (including phenoxy) is 2. The molecule has 0 unspecified atom stereocenters. The van der Waals surface area contributed by atoms with Crippen LogP contribution < -0.4 is 20.3 Å². The summed E-state index contributed by atoms with van der Waals surface area (Å²) in [6.45, 7) is 6.58. The summed E-state index contributed by atoms with van der Waals surface area (Å²) in [5, 5.41) is 0. The molecule has 2 aromatic carbocycles. The van der Waals surface area contributed by atoms with Crippen LogP contribution in [-0.4, -0.2) is 25.5 Å². The van der Waals surface area contributed by atoms with E-state index in [9.17, 15) is 9.59 Å². The van der Waals surface area contributed by atoms with Crippen LogP contribution in [0.4, 0.5) is 0 Å². The van der Waals surface area contributed by atoms with E-state index in [4.69, 9.17) is 9.47 Å². The molecule has 6 heteroatoms. The standard InChI is InChI=1S/C21H26N2O4/c1-5-6-11-27-18-10-9-17(13-19(18)26-4)21(25)23-22-20(24)16-8-7-14(2)15(3)12-16/h7-10,12-13H,5-6,11H2,1-4H3,(H,22,24)(H,23,25). The van der Waals surface area contributed by atoms with Crippen molar-refractivity contribution in [3.8, 4) is 11.5 Å². The minimum Gasteiger partial charge on any atom is -0.493 e. The van der Waals surface area contributed by atoms with Crippen LogP contribution in [0.3, 0.4) is 0 Å². The van der Waals surface area contributed by atoms with Crippen LogP contribution in [-0.2, 0) is 0 Å². The second-order valence-electron chi connectivity index (χ2n) is 6.27. The maximum Gasteiger partial charge on any atom is 0.269 e. The minimum atomic E-state index is -0.439. The monoisotopic (exact) mass is 370 g/mol. The maximum absolute atomic E-state index is 12.3. The van der Waals surface area contributed by atoms with Crippen LogP contribution in [0.25, 0.3) is 0 Å². The highest BCUT2D eigenvalue weighted by Gasteiger charge is 2.13. The molecule has 0 saturated heterocycles. The van der Waals surface area contributed by atoms with E-state index in [1.54, 1.807) is 30.3 Å². The zero-order valence-electron chi connectivity index (χ0n) is 16.2. The van der Waals surface area contributed by atoms with Crippen molar-refractivity contribution in [2.24, 2.45) is 0 Å². The van der Waals surface area contributed by atoms with Crippen molar-refractivity contribution in [1.82, 2.24) is 10.9 Å². The number of hydrogen-bond donors (Lipinski definition) is 2. The van der Waals surface area contributed by atoms with Gasteiger partial charge in [-0.1, -0.05) is 19.4 Å². The molecule has 2 N–H and O–H groups in total. The molecule has 0 aliphatic carbocycles. The van der Waals surface area contributed by atoms with Crippen molar-refractivity contribution in [2.45, 2.75) is 33.6 Å². The molecule has 0 fully saturated rings. The molecular formula is C21H26N2O4. The Balaban J connectivity index is 2.00. The van der Waals surface area contributed by atoms with Crippen molar-refractivity contribution in [2.75, 3.05) is 13.7 Å². The molecule has 0 aliphatic heterocycles. The van der Waals surface area contributed by atoms with Gasteiger partial charge in [0.2, 0.25) is 0 Å². The van der Waals surface area contributed by atoms with Gasteiger partial charge < -0.3 is 9.47 Å². The Bertz CT molecular complexity index is 818. The first-order chi connectivity index (χ1) is 13.0. The first-order valence-corrected chi connectivity index (χ1v) is 8.95. The topological polar surface area (TPSA) is 76.7 Å². The van der Waals surface area contributed by atoms with Crippen molar-refractivity contribution < 1.29 is 19.1 Å². The third-order valence-electron chi connectivity index (χ3n) is 4.24. The van der Waals surface area contributed by atoms with Crippen LogP contribution in [0, 0.1) is 13.8 Å². The van der Waals surface area contributed by atoms with Crippen LogP contribution in [0.2, 0.25) is 0 Å². The fourth-order valence-electron chi connectivity index (χ4n) is 2.40. The van der Waals surface area contributed by atoms with Gasteiger partial charge in [-0.3, -0.25) is 20.4 Å². The van der Waals surface area contributed by atoms with Crippen molar-refractivity contribution in [3.05, 3.63) is 58.7 Å². The van der Waals surface area contributed by atoms with Gasteiger partial charge in [0, 0.05) is 11.1 Å². The summed E-state index contributed by atoms with van der Waals surface area (Å²) < 4.78 is 10.9. The van der Waals surface area contributed by atoms with E-state index in [0.717, 1.165) is 24.0 Å². The number of rotatable bonds is 7. The summed E-state index contributed by atoms with van der Waals surface area (Å²) in [5.74, 6) is 0.240. The zero-order valence-corrected chi connectivity index (χ0v) is 16.2. The first-order valence-electron chi connectivity index (χ1n) is 8.95. The Morgan fingerprint density at radius 2 is 1.52 bits per heavy atom. The highest BCUT2D eigenvalue weighted by molar-refractivity contribution is 5.99. The number of carbonyl (C=O) groups excluding carboxylic acids is 2. The molecule has 0 aliphatic rings. The van der Waals surface area contributed by atoms with E-state index >= 15 is 0 Å². The van der Waals surface area contributed by atoms with Gasteiger partial charge in [0.1, 0.15) is 0 Å². The lowest BCUT2D eigenvalue weighted by Gasteiger charge is -2.12. The number of carbonyl (C=O) groups is 2. The van der Waals surface area contributed by atoms with E-state index in [1.165, 1.54) is 7.11 Å². The number of aryl methyl sites for hydroxylation is 2. The van der Waals surface area contributed by atoms with Gasteiger partial charge in [-0.05, 0) is 61.7 Å². The third-order valence-corrected chi connectivity index (χ3v) is 4.24. The summed E-state index contributed by atoms with van der Waals surface area (Å²) in [7, 11) is 1.52. The predicted octanol–water partition coefficient (Wildman–Crippen LogP) is 3.57. The smallest absolute Gasteiger partial charge is 0.269 e. The molecule has 2 amide bonds. The lowest BCUT2D eigenvalue weighted by atomic mass is 10.1. The molecule has 2 aromatic rings. The molecule has 0 radical (unpaired) electrons. The molecule has 27 heavy (non-hydrogen) atoms. The molecule has 144 valence electrons. The van der Waals surface area contributed by atoms with Crippen molar-refractivity contribution in [3.63, 3.8) is 0 Å². The lowest BCUT2D eigenvalue weighted by Crippen LogP contribution is -2.41. The highest BCUT2D eigenvalue weighted by atomic mass is 16.5. The molecule has 0 heterocycles. The molecule has 0 aromatic heterocycles. The molecule has 0 saturated carbocycles. The number of unbranched alkanes of at least 4 members (excludes halogenated alkanes) is 1. The highest BCUT2D eigenvalue weighted by Crippen LogP contribution is 2.28. The van der Waals surface area contributed by atoms with Crippen LogP contribution in [0.1, 0.15) is 51.6 Å². The van der Waals surface area contributed by atoms with E-state index in [0.29, 0.717) is 29.2 Å². The summed E-state index contributed by atoms with van der Waals surface area (Å²) in [5.41, 5.74) is 7.80. The Hall–Kier alpha value is -3.02. The molecule has 0 spiro atoms. The van der Waals surface area contributed by atoms with Gasteiger partial charge in [-0.15, -0.1) is 0 Å². The van der Waals surface area contributed by atoms with Crippen LogP contribution in [0.5, 0.6) is 11.5 Å². The Labute approximate surface area is 159 Å². The van der Waals surface area contributed by atoms with Crippen LogP contribution >= 0.6 is 0 Å². The predicted molar refractivity (Wildman–Crippen MR) is 104 cm³/mol. The number of hydrazine groups is 1. The van der Waals surface area contributed by atoms with Gasteiger partial charge in [-0.25, -0.2) is 0 Å². The van der Waals surface area contributed by atoms with E-state index in [1.807, 2.05) is 19.9 Å². The number of methoxy groups -OCH3 is 1. The SMILES string of the molecule is CCCCOc1ccc(C(=O)NNC(=O)c2ccc(C)c(C)c2)cc1OC. The summed E-state index contributed by atoms with van der Waals surface area (Å²) in [4.78, 5) is 24.5. The van der Waals surface area contributed by atoms with Gasteiger partial charge in [0.15, 0.2) is 11.5 Å². The van der Waals surface area contributed by atoms with Gasteiger partial charge in [0.05, 0.1) is 13.7 Å². The molecular weight excluding hydrogens is 344 g/mol. The number of hydrogen-bond acceptors (Lipinski definition) is 4. The molecule has 2 rings (SSSR count). The lowest BCUT2D eigenvalue weighted by molar-refractivity contribution is 0.0846. The quantitative estimate of drug-likeness (QED) is 0.577. The zero-order chi connectivity index (χ0) is 19.8. The number of benzene rings is 2. The second-order valence-corrected chi connectivity index (χ2v) is 6.27. The van der Waals surface area contributed by atoms with Crippen molar-refractivity contribution >= 4 is 11.8 Å². The second kappa shape index (κ2) is 9.62. The van der Waals surface area contributed by atoms with Crippen molar-refractivity contribution in [1.29, 1.82) is 0 Å². The van der Waals surface area contributed by atoms with Gasteiger partial charge >= 0.3 is 0 Å². The normalized spacial score (nSPS) is 10.2. The van der Waals surface area contributed by atoms with E-state index in [-0.39, 0.29) is 5.91 Å². The largest absolute Gasteiger partial charge is 0.493 e. The Morgan fingerprint density at radius 1 is 0.889 bits per heavy atom. The summed E-state index contributed by atoms with van der Waals surface area (Å²) in [6, 6.07) is 10.3. The first kappa shape index (κ1) is 20.3. The molecule has 6 nitrogen and oxygen atoms in total. The Morgan fingerprint density at radius 3 is 2.11 bits per heavy atom. The fraction of sp³-hybridized carbons (Fsp3) is 0.333. The Kier molecular flexibility index (Phi) is 7.23. The van der Waals surface area contributed by atoms with E-state index < -0.39 is 5.91 Å². The van der Waals surface area contributed by atoms with E-state index in [2.05, 4.69) is 17.8 Å². The minimum absolute atomic E-state index is 0.357. The fourth-order valence-corrected chi connectivity index (χ4v) is 2.40. The van der Waals surface area contributed by atoms with Crippen LogP contribution in [0.15, 0.2) is 36.4 Å². The average Bonchev–Trinajstić information content (AvgIpc) is 2.68. The molecule has 0 bridgehead atoms. The average molecular weight is 370 g/mol. The van der Waals surface area contributed by atoms with Gasteiger partial charge in [-0.2, -0.15) is 0 Å². The summed E-state index contributed by atoms with van der Waals surface area (Å²) in [6.07, 6.45) is 1.97. The molecule has 0 atom stereocenters. The summed E-state index contributed by atoms with van der Waals surface area (Å²) >= 11 is 0. The third kappa shape index (κ3) is 5.48. The number of amides is 2. The van der Waals surface area contributed by atoms with Gasteiger partial charge in [0.25, 0.3) is 11.8 Å².